The molecule has 0 aromatic heterocycles. The number of nitrogens with two attached hydrogens (primary N) is 1. The van der Waals surface area contributed by atoms with Gasteiger partial charge in [-0.2, -0.15) is 0 Å². The standard InChI is InChI=1S/C10H15ClN2O/c1-13-5-4-10(14)7-2-3-8(11)9(12)6-7/h2-3,6,10,13-14H,4-5,12H2,1H3. The van der Waals surface area contributed by atoms with Gasteiger partial charge in [0.25, 0.3) is 0 Å². The summed E-state index contributed by atoms with van der Waals surface area (Å²) in [4.78, 5) is 0. The lowest BCUT2D eigenvalue weighted by Crippen LogP contribution is -2.12. The van der Waals surface area contributed by atoms with Crippen molar-refractivity contribution < 1.29 is 5.11 Å². The van der Waals surface area contributed by atoms with Crippen molar-refractivity contribution in [2.75, 3.05) is 19.3 Å². The van der Waals surface area contributed by atoms with Crippen LogP contribution in [0.2, 0.25) is 5.02 Å². The molecule has 0 fully saturated rings. The highest BCUT2D eigenvalue weighted by molar-refractivity contribution is 6.33. The third-order valence-corrected chi connectivity index (χ3v) is 2.42. The topological polar surface area (TPSA) is 58.3 Å². The summed E-state index contributed by atoms with van der Waals surface area (Å²) in [5, 5.41) is 13.2. The summed E-state index contributed by atoms with van der Waals surface area (Å²) in [5.74, 6) is 0. The molecule has 1 rings (SSSR count). The number of anilines is 1. The van der Waals surface area contributed by atoms with Crippen LogP contribution in [0.4, 0.5) is 5.69 Å². The van der Waals surface area contributed by atoms with Crippen molar-refractivity contribution in [1.82, 2.24) is 5.32 Å². The van der Waals surface area contributed by atoms with Gasteiger partial charge in [-0.05, 0) is 37.7 Å². The molecular weight excluding hydrogens is 200 g/mol. The molecule has 0 aliphatic carbocycles. The summed E-state index contributed by atoms with van der Waals surface area (Å²) in [7, 11) is 1.85. The average molecular weight is 215 g/mol. The molecule has 0 aliphatic rings. The Labute approximate surface area is 88.9 Å². The highest BCUT2D eigenvalue weighted by Crippen LogP contribution is 2.24. The van der Waals surface area contributed by atoms with E-state index in [1.807, 2.05) is 7.05 Å². The number of aliphatic hydroxyl groups excluding tert-OH is 1. The van der Waals surface area contributed by atoms with Crippen LogP contribution in [0, 0.1) is 0 Å². The minimum atomic E-state index is -0.484. The Balaban J connectivity index is 2.70. The summed E-state index contributed by atoms with van der Waals surface area (Å²) in [5.41, 5.74) is 6.94. The minimum absolute atomic E-state index is 0.484. The number of hydrogen-bond donors (Lipinski definition) is 3. The van der Waals surface area contributed by atoms with Crippen LogP contribution in [0.1, 0.15) is 18.1 Å². The van der Waals surface area contributed by atoms with Crippen molar-refractivity contribution in [3.8, 4) is 0 Å². The van der Waals surface area contributed by atoms with Crippen LogP contribution in [0.5, 0.6) is 0 Å². The molecule has 14 heavy (non-hydrogen) atoms. The van der Waals surface area contributed by atoms with Gasteiger partial charge in [-0.25, -0.2) is 0 Å². The molecule has 0 aliphatic heterocycles. The van der Waals surface area contributed by atoms with Crippen molar-refractivity contribution in [3.05, 3.63) is 28.8 Å². The lowest BCUT2D eigenvalue weighted by atomic mass is 10.1. The molecule has 0 saturated carbocycles. The summed E-state index contributed by atoms with van der Waals surface area (Å²) in [6.45, 7) is 0.768. The van der Waals surface area contributed by atoms with Crippen LogP contribution in [0.15, 0.2) is 18.2 Å². The van der Waals surface area contributed by atoms with Crippen molar-refractivity contribution in [3.63, 3.8) is 0 Å². The first-order valence-electron chi connectivity index (χ1n) is 4.52. The van der Waals surface area contributed by atoms with Gasteiger partial charge in [-0.15, -0.1) is 0 Å². The van der Waals surface area contributed by atoms with Crippen molar-refractivity contribution in [1.29, 1.82) is 0 Å². The highest BCUT2D eigenvalue weighted by atomic mass is 35.5. The average Bonchev–Trinajstić information content (AvgIpc) is 2.18. The van der Waals surface area contributed by atoms with E-state index in [0.717, 1.165) is 12.1 Å². The Morgan fingerprint density at radius 1 is 1.57 bits per heavy atom. The Morgan fingerprint density at radius 2 is 2.29 bits per heavy atom. The quantitative estimate of drug-likeness (QED) is 0.667. The maximum Gasteiger partial charge on any atom is 0.0802 e. The van der Waals surface area contributed by atoms with E-state index < -0.39 is 6.10 Å². The second kappa shape index (κ2) is 5.20. The molecule has 0 spiro atoms. The van der Waals surface area contributed by atoms with Gasteiger partial charge >= 0.3 is 0 Å². The Hall–Kier alpha value is -0.770. The normalized spacial score (nSPS) is 12.8. The van der Waals surface area contributed by atoms with Crippen LogP contribution in [-0.4, -0.2) is 18.7 Å². The van der Waals surface area contributed by atoms with Gasteiger partial charge in [0.15, 0.2) is 0 Å². The van der Waals surface area contributed by atoms with E-state index >= 15 is 0 Å². The largest absolute Gasteiger partial charge is 0.398 e. The van der Waals surface area contributed by atoms with Gasteiger partial charge in [0.1, 0.15) is 0 Å². The fraction of sp³-hybridized carbons (Fsp3) is 0.400. The highest BCUT2D eigenvalue weighted by Gasteiger charge is 2.07. The Bertz CT molecular complexity index is 304. The van der Waals surface area contributed by atoms with Gasteiger partial charge in [0.2, 0.25) is 0 Å². The lowest BCUT2D eigenvalue weighted by molar-refractivity contribution is 0.168. The molecule has 78 valence electrons. The smallest absolute Gasteiger partial charge is 0.0802 e. The molecule has 0 radical (unpaired) electrons. The number of benzene rings is 1. The van der Waals surface area contributed by atoms with Gasteiger partial charge in [-0.3, -0.25) is 0 Å². The Morgan fingerprint density at radius 3 is 2.86 bits per heavy atom. The second-order valence-electron chi connectivity index (χ2n) is 3.19. The predicted molar refractivity (Wildman–Crippen MR) is 59.4 cm³/mol. The maximum absolute atomic E-state index is 9.73. The van der Waals surface area contributed by atoms with Crippen LogP contribution < -0.4 is 11.1 Å². The van der Waals surface area contributed by atoms with Gasteiger partial charge in [-0.1, -0.05) is 17.7 Å². The van der Waals surface area contributed by atoms with E-state index in [2.05, 4.69) is 5.32 Å². The molecule has 0 saturated heterocycles. The fourth-order valence-corrected chi connectivity index (χ4v) is 1.33. The van der Waals surface area contributed by atoms with E-state index in [1.165, 1.54) is 0 Å². The molecule has 1 unspecified atom stereocenters. The van der Waals surface area contributed by atoms with E-state index in [1.54, 1.807) is 18.2 Å². The van der Waals surface area contributed by atoms with Gasteiger partial charge in [0, 0.05) is 0 Å². The van der Waals surface area contributed by atoms with Crippen LogP contribution in [0.3, 0.4) is 0 Å². The molecule has 1 aromatic rings. The first kappa shape index (κ1) is 11.3. The SMILES string of the molecule is CNCCC(O)c1ccc(Cl)c(N)c1. The van der Waals surface area contributed by atoms with Gasteiger partial charge < -0.3 is 16.2 Å². The first-order valence-corrected chi connectivity index (χ1v) is 4.90. The van der Waals surface area contributed by atoms with E-state index in [9.17, 15) is 5.11 Å². The molecule has 0 heterocycles. The fourth-order valence-electron chi connectivity index (χ4n) is 1.22. The molecule has 0 bridgehead atoms. The first-order chi connectivity index (χ1) is 6.65. The molecule has 4 N–H and O–H groups in total. The second-order valence-corrected chi connectivity index (χ2v) is 3.60. The number of nitrogens with one attached hydrogen (secondary N) is 1. The molecule has 3 nitrogen and oxygen atoms in total. The summed E-state index contributed by atoms with van der Waals surface area (Å²) in [6, 6.07) is 5.20. The van der Waals surface area contributed by atoms with Crippen molar-refractivity contribution in [2.45, 2.75) is 12.5 Å². The van der Waals surface area contributed by atoms with E-state index in [4.69, 9.17) is 17.3 Å². The van der Waals surface area contributed by atoms with Crippen molar-refractivity contribution >= 4 is 17.3 Å². The monoisotopic (exact) mass is 214 g/mol. The van der Waals surface area contributed by atoms with Crippen LogP contribution in [-0.2, 0) is 0 Å². The van der Waals surface area contributed by atoms with Crippen molar-refractivity contribution in [2.24, 2.45) is 0 Å². The number of rotatable bonds is 4. The zero-order chi connectivity index (χ0) is 10.6. The molecule has 0 amide bonds. The third-order valence-electron chi connectivity index (χ3n) is 2.07. The summed E-state index contributed by atoms with van der Waals surface area (Å²) < 4.78 is 0. The Kier molecular flexibility index (Phi) is 4.20. The minimum Gasteiger partial charge on any atom is -0.398 e. The van der Waals surface area contributed by atoms with E-state index in [0.29, 0.717) is 17.1 Å². The summed E-state index contributed by atoms with van der Waals surface area (Å²) >= 11 is 5.77. The van der Waals surface area contributed by atoms with Crippen LogP contribution >= 0.6 is 11.6 Å². The van der Waals surface area contributed by atoms with Gasteiger partial charge in [0.05, 0.1) is 16.8 Å². The number of halogens is 1. The van der Waals surface area contributed by atoms with E-state index in [-0.39, 0.29) is 0 Å². The summed E-state index contributed by atoms with van der Waals surface area (Å²) in [6.07, 6.45) is 0.180. The number of hydrogen-bond acceptors (Lipinski definition) is 3. The number of aliphatic hydroxyl groups is 1. The number of nitrogen functional groups attached to an aromatic ring is 1. The van der Waals surface area contributed by atoms with Crippen LogP contribution in [0.25, 0.3) is 0 Å². The maximum atomic E-state index is 9.73. The predicted octanol–water partition coefficient (Wildman–Crippen LogP) is 1.57. The lowest BCUT2D eigenvalue weighted by Gasteiger charge is -2.11. The molecular formula is C10H15ClN2O. The molecule has 1 atom stereocenters. The zero-order valence-corrected chi connectivity index (χ0v) is 8.88. The molecule has 4 heteroatoms. The third kappa shape index (κ3) is 2.87. The zero-order valence-electron chi connectivity index (χ0n) is 8.13. The molecule has 1 aromatic carbocycles.